The van der Waals surface area contributed by atoms with E-state index in [9.17, 15) is 9.59 Å². The molecular formula is C15H21N3O2. The molecule has 2 amide bonds. The van der Waals surface area contributed by atoms with Crippen LogP contribution in [0.5, 0.6) is 0 Å². The van der Waals surface area contributed by atoms with E-state index in [0.29, 0.717) is 12.8 Å². The van der Waals surface area contributed by atoms with Gasteiger partial charge in [0.25, 0.3) is 0 Å². The van der Waals surface area contributed by atoms with Crippen molar-refractivity contribution in [2.45, 2.75) is 25.7 Å². The fraction of sp³-hybridized carbons (Fsp3) is 0.467. The number of nitrogens with zero attached hydrogens (tertiary/aromatic N) is 1. The summed E-state index contributed by atoms with van der Waals surface area (Å²) in [5.74, 6) is 0.160. The van der Waals surface area contributed by atoms with Crippen LogP contribution in [0.2, 0.25) is 0 Å². The number of carbonyl (C=O) groups is 2. The first-order valence-corrected chi connectivity index (χ1v) is 7.05. The monoisotopic (exact) mass is 275 g/mol. The predicted molar refractivity (Wildman–Crippen MR) is 79.8 cm³/mol. The molecule has 1 aromatic rings. The van der Waals surface area contributed by atoms with Gasteiger partial charge in [0.15, 0.2) is 0 Å². The summed E-state index contributed by atoms with van der Waals surface area (Å²) in [4.78, 5) is 25.3. The molecule has 20 heavy (non-hydrogen) atoms. The molecule has 0 saturated carbocycles. The van der Waals surface area contributed by atoms with Crippen LogP contribution in [0.25, 0.3) is 0 Å². The van der Waals surface area contributed by atoms with Crippen molar-refractivity contribution in [1.29, 1.82) is 0 Å². The second kappa shape index (κ2) is 7.05. The van der Waals surface area contributed by atoms with E-state index in [1.54, 1.807) is 4.90 Å². The van der Waals surface area contributed by atoms with Crippen molar-refractivity contribution < 1.29 is 9.59 Å². The fourth-order valence-electron chi connectivity index (χ4n) is 2.32. The largest absolute Gasteiger partial charge is 0.326 e. The van der Waals surface area contributed by atoms with Gasteiger partial charge in [-0.2, -0.15) is 0 Å². The summed E-state index contributed by atoms with van der Waals surface area (Å²) >= 11 is 0. The Balaban J connectivity index is 1.95. The van der Waals surface area contributed by atoms with Crippen molar-refractivity contribution in [2.24, 2.45) is 0 Å². The van der Waals surface area contributed by atoms with E-state index in [0.717, 1.165) is 37.3 Å². The zero-order chi connectivity index (χ0) is 14.4. The quantitative estimate of drug-likeness (QED) is 0.778. The Morgan fingerprint density at radius 3 is 2.95 bits per heavy atom. The van der Waals surface area contributed by atoms with Crippen molar-refractivity contribution >= 4 is 23.2 Å². The highest BCUT2D eigenvalue weighted by Gasteiger charge is 2.21. The molecule has 1 aromatic carbocycles. The van der Waals surface area contributed by atoms with Crippen LogP contribution in [0.1, 0.15) is 25.7 Å². The zero-order valence-corrected chi connectivity index (χ0v) is 11.8. The number of hydrogen-bond donors (Lipinski definition) is 2. The van der Waals surface area contributed by atoms with Gasteiger partial charge in [0, 0.05) is 30.8 Å². The Hall–Kier alpha value is -1.88. The van der Waals surface area contributed by atoms with Gasteiger partial charge in [0.2, 0.25) is 11.8 Å². The Kier molecular flexibility index (Phi) is 5.12. The first-order chi connectivity index (χ1) is 9.70. The van der Waals surface area contributed by atoms with E-state index in [1.165, 1.54) is 0 Å². The third-order valence-electron chi connectivity index (χ3n) is 3.35. The zero-order valence-electron chi connectivity index (χ0n) is 11.8. The van der Waals surface area contributed by atoms with Crippen LogP contribution in [-0.2, 0) is 9.59 Å². The lowest BCUT2D eigenvalue weighted by molar-refractivity contribution is -0.117. The van der Waals surface area contributed by atoms with Crippen molar-refractivity contribution in [3.63, 3.8) is 0 Å². The highest BCUT2D eigenvalue weighted by Crippen LogP contribution is 2.24. The molecule has 0 aromatic heterocycles. The Morgan fingerprint density at radius 2 is 2.25 bits per heavy atom. The highest BCUT2D eigenvalue weighted by molar-refractivity contribution is 5.97. The molecule has 5 nitrogen and oxygen atoms in total. The highest BCUT2D eigenvalue weighted by atomic mass is 16.2. The molecule has 108 valence electrons. The maximum Gasteiger partial charge on any atom is 0.227 e. The van der Waals surface area contributed by atoms with Crippen LogP contribution >= 0.6 is 0 Å². The minimum absolute atomic E-state index is 0.00477. The number of benzene rings is 1. The molecule has 0 radical (unpaired) electrons. The van der Waals surface area contributed by atoms with Crippen LogP contribution in [0.4, 0.5) is 11.4 Å². The molecule has 5 heteroatoms. The van der Waals surface area contributed by atoms with E-state index in [4.69, 9.17) is 0 Å². The lowest BCUT2D eigenvalue weighted by atomic mass is 10.2. The lowest BCUT2D eigenvalue weighted by Crippen LogP contribution is -2.23. The Labute approximate surface area is 119 Å². The summed E-state index contributed by atoms with van der Waals surface area (Å²) in [5.41, 5.74) is 1.61. The molecule has 0 atom stereocenters. The first-order valence-electron chi connectivity index (χ1n) is 7.05. The second-order valence-electron chi connectivity index (χ2n) is 4.95. The van der Waals surface area contributed by atoms with Crippen LogP contribution in [0.15, 0.2) is 24.3 Å². The maximum atomic E-state index is 11.8. The summed E-state index contributed by atoms with van der Waals surface area (Å²) in [6.07, 6.45) is 2.82. The molecule has 1 aliphatic rings. The van der Waals surface area contributed by atoms with Crippen LogP contribution in [-0.4, -0.2) is 32.0 Å². The number of nitrogens with one attached hydrogen (secondary N) is 2. The second-order valence-corrected chi connectivity index (χ2v) is 4.95. The van der Waals surface area contributed by atoms with Crippen molar-refractivity contribution in [3.8, 4) is 0 Å². The first kappa shape index (κ1) is 14.5. The normalized spacial score (nSPS) is 14.7. The Bertz CT molecular complexity index is 488. The maximum absolute atomic E-state index is 11.8. The Morgan fingerprint density at radius 1 is 1.40 bits per heavy atom. The summed E-state index contributed by atoms with van der Waals surface area (Å²) < 4.78 is 0. The van der Waals surface area contributed by atoms with Gasteiger partial charge in [-0.1, -0.05) is 6.07 Å². The SMILES string of the molecule is CNCCCC(=O)Nc1cccc(N2CCCC2=O)c1. The summed E-state index contributed by atoms with van der Waals surface area (Å²) in [7, 11) is 1.87. The van der Waals surface area contributed by atoms with Crippen molar-refractivity contribution in [2.75, 3.05) is 30.4 Å². The topological polar surface area (TPSA) is 61.4 Å². The molecule has 1 aliphatic heterocycles. The van der Waals surface area contributed by atoms with Crippen LogP contribution in [0.3, 0.4) is 0 Å². The number of anilines is 2. The van der Waals surface area contributed by atoms with Gasteiger partial charge in [-0.3, -0.25) is 9.59 Å². The molecule has 2 rings (SSSR count). The molecule has 0 spiro atoms. The lowest BCUT2D eigenvalue weighted by Gasteiger charge is -2.16. The van der Waals surface area contributed by atoms with Crippen LogP contribution < -0.4 is 15.5 Å². The van der Waals surface area contributed by atoms with E-state index in [-0.39, 0.29) is 11.8 Å². The minimum atomic E-state index is 0.00477. The third-order valence-corrected chi connectivity index (χ3v) is 3.35. The smallest absolute Gasteiger partial charge is 0.227 e. The van der Waals surface area contributed by atoms with Gasteiger partial charge in [-0.05, 0) is 44.6 Å². The predicted octanol–water partition coefficient (Wildman–Crippen LogP) is 1.75. The summed E-state index contributed by atoms with van der Waals surface area (Å²) in [5, 5.41) is 5.89. The standard InChI is InChI=1S/C15H21N3O2/c1-16-9-3-7-14(19)17-12-5-2-6-13(11-12)18-10-4-8-15(18)20/h2,5-6,11,16H,3-4,7-10H2,1H3,(H,17,19). The van der Waals surface area contributed by atoms with Gasteiger partial charge in [-0.15, -0.1) is 0 Å². The summed E-state index contributed by atoms with van der Waals surface area (Å²) in [6, 6.07) is 7.48. The van der Waals surface area contributed by atoms with Gasteiger partial charge in [-0.25, -0.2) is 0 Å². The van der Waals surface area contributed by atoms with E-state index in [2.05, 4.69) is 10.6 Å². The molecule has 2 N–H and O–H groups in total. The molecular weight excluding hydrogens is 254 g/mol. The average Bonchev–Trinajstić information content (AvgIpc) is 2.85. The molecule has 1 fully saturated rings. The molecule has 0 unspecified atom stereocenters. The van der Waals surface area contributed by atoms with E-state index in [1.807, 2.05) is 31.3 Å². The molecule has 1 saturated heterocycles. The van der Waals surface area contributed by atoms with Gasteiger partial charge < -0.3 is 15.5 Å². The van der Waals surface area contributed by atoms with Gasteiger partial charge in [0.05, 0.1) is 0 Å². The van der Waals surface area contributed by atoms with Crippen molar-refractivity contribution in [1.82, 2.24) is 5.32 Å². The number of hydrogen-bond acceptors (Lipinski definition) is 3. The van der Waals surface area contributed by atoms with Gasteiger partial charge in [0.1, 0.15) is 0 Å². The van der Waals surface area contributed by atoms with Gasteiger partial charge >= 0.3 is 0 Å². The molecule has 0 bridgehead atoms. The number of carbonyl (C=O) groups excluding carboxylic acids is 2. The number of amides is 2. The van der Waals surface area contributed by atoms with Crippen molar-refractivity contribution in [3.05, 3.63) is 24.3 Å². The minimum Gasteiger partial charge on any atom is -0.326 e. The summed E-state index contributed by atoms with van der Waals surface area (Å²) in [6.45, 7) is 1.59. The molecule has 1 heterocycles. The molecule has 0 aliphatic carbocycles. The van der Waals surface area contributed by atoms with E-state index >= 15 is 0 Å². The number of rotatable bonds is 6. The average molecular weight is 275 g/mol. The fourth-order valence-corrected chi connectivity index (χ4v) is 2.32. The van der Waals surface area contributed by atoms with E-state index < -0.39 is 0 Å². The third kappa shape index (κ3) is 3.81. The van der Waals surface area contributed by atoms with Crippen LogP contribution in [0, 0.1) is 0 Å².